The fraction of sp³-hybridized carbons (Fsp3) is 0.121. The zero-order valence-corrected chi connectivity index (χ0v) is 27.8. The number of amides is 1. The van der Waals surface area contributed by atoms with Crippen molar-refractivity contribution in [3.05, 3.63) is 109 Å². The minimum Gasteiger partial charge on any atom is -0.490 e. The number of hydrogen-bond donors (Lipinski definition) is 2. The Morgan fingerprint density at radius 1 is 0.889 bits per heavy atom. The lowest BCUT2D eigenvalue weighted by atomic mass is 10.0. The van der Waals surface area contributed by atoms with Crippen molar-refractivity contribution >= 4 is 79.7 Å². The number of hydrazone groups is 1. The fourth-order valence-electron chi connectivity index (χ4n) is 4.60. The molecule has 0 saturated heterocycles. The third-order valence-electron chi connectivity index (χ3n) is 6.52. The maximum absolute atomic E-state index is 13.5. The lowest BCUT2D eigenvalue weighted by Crippen LogP contribution is -2.19. The molecule has 12 heteroatoms. The van der Waals surface area contributed by atoms with Crippen LogP contribution in [0.15, 0.2) is 82.4 Å². The number of aromatic amines is 1. The molecule has 8 nitrogen and oxygen atoms in total. The van der Waals surface area contributed by atoms with E-state index in [0.717, 1.165) is 0 Å². The van der Waals surface area contributed by atoms with Gasteiger partial charge in [0.2, 0.25) is 0 Å². The number of hydrogen-bond acceptors (Lipinski definition) is 6. The first-order valence-corrected chi connectivity index (χ1v) is 15.6. The standard InChI is InChI=1S/C33H25BrCl3N3O5/c1-3-43-27-11-9-18(14-28(27)44-4-2)33(42)45-26-12-10-20(34)13-19(26)17-38-40-32(41)31-29(22-7-5-6-8-24(22)36)23-15-21(35)16-25(37)30(23)39-31/h5-17,39H,3-4H2,1-2H3,(H,40,41). The van der Waals surface area contributed by atoms with E-state index in [1.165, 1.54) is 6.21 Å². The number of carbonyl (C=O) groups excluding carboxylic acids is 2. The van der Waals surface area contributed by atoms with Crippen LogP contribution in [0.3, 0.4) is 0 Å². The van der Waals surface area contributed by atoms with Gasteiger partial charge in [-0.1, -0.05) is 68.9 Å². The van der Waals surface area contributed by atoms with Crippen LogP contribution in [0.1, 0.15) is 40.3 Å². The van der Waals surface area contributed by atoms with E-state index in [2.05, 4.69) is 31.4 Å². The molecule has 0 fully saturated rings. The topological polar surface area (TPSA) is 102 Å². The van der Waals surface area contributed by atoms with E-state index in [1.54, 1.807) is 66.7 Å². The normalized spacial score (nSPS) is 11.2. The highest BCUT2D eigenvalue weighted by atomic mass is 79.9. The molecule has 0 spiro atoms. The number of fused-ring (bicyclic) bond motifs is 1. The number of ether oxygens (including phenoxy) is 3. The van der Waals surface area contributed by atoms with Crippen LogP contribution >= 0.6 is 50.7 Å². The van der Waals surface area contributed by atoms with Gasteiger partial charge >= 0.3 is 5.97 Å². The SMILES string of the molecule is CCOc1ccc(C(=O)Oc2ccc(Br)cc2C=NNC(=O)c2[nH]c3c(Cl)cc(Cl)cc3c2-c2ccccc2Cl)cc1OCC. The van der Waals surface area contributed by atoms with Crippen LogP contribution in [0.4, 0.5) is 0 Å². The highest BCUT2D eigenvalue weighted by Crippen LogP contribution is 2.40. The van der Waals surface area contributed by atoms with Crippen LogP contribution in [-0.2, 0) is 0 Å². The van der Waals surface area contributed by atoms with E-state index in [4.69, 9.17) is 49.0 Å². The first kappa shape index (κ1) is 32.4. The molecule has 1 aromatic heterocycles. The van der Waals surface area contributed by atoms with Crippen LogP contribution in [0.25, 0.3) is 22.0 Å². The number of nitrogens with zero attached hydrogens (tertiary/aromatic N) is 1. The Balaban J connectivity index is 1.42. The summed E-state index contributed by atoms with van der Waals surface area (Å²) in [5.74, 6) is 0.0118. The van der Waals surface area contributed by atoms with Gasteiger partial charge in [-0.15, -0.1) is 0 Å². The molecule has 0 radical (unpaired) electrons. The molecule has 5 aromatic rings. The molecule has 5 rings (SSSR count). The molecule has 45 heavy (non-hydrogen) atoms. The summed E-state index contributed by atoms with van der Waals surface area (Å²) in [6.07, 6.45) is 1.37. The molecule has 0 bridgehead atoms. The van der Waals surface area contributed by atoms with Gasteiger partial charge in [-0.3, -0.25) is 4.79 Å². The zero-order chi connectivity index (χ0) is 32.1. The predicted octanol–water partition coefficient (Wildman–Crippen LogP) is 9.34. The Hall–Kier alpha value is -4.02. The van der Waals surface area contributed by atoms with E-state index >= 15 is 0 Å². The summed E-state index contributed by atoms with van der Waals surface area (Å²) in [6, 6.07) is 20.3. The van der Waals surface area contributed by atoms with Crippen molar-refractivity contribution in [1.82, 2.24) is 10.4 Å². The average molecular weight is 730 g/mol. The number of benzene rings is 4. The fourth-order valence-corrected chi connectivity index (χ4v) is 5.75. The number of aromatic nitrogens is 1. The van der Waals surface area contributed by atoms with Crippen molar-refractivity contribution in [2.45, 2.75) is 13.8 Å². The Labute approximate surface area is 282 Å². The van der Waals surface area contributed by atoms with Crippen molar-refractivity contribution in [2.75, 3.05) is 13.2 Å². The smallest absolute Gasteiger partial charge is 0.343 e. The molecule has 0 aliphatic heterocycles. The lowest BCUT2D eigenvalue weighted by molar-refractivity contribution is 0.0733. The van der Waals surface area contributed by atoms with Gasteiger partial charge in [0.25, 0.3) is 5.91 Å². The largest absolute Gasteiger partial charge is 0.490 e. The van der Waals surface area contributed by atoms with Crippen molar-refractivity contribution in [1.29, 1.82) is 0 Å². The van der Waals surface area contributed by atoms with Gasteiger partial charge in [-0.2, -0.15) is 5.10 Å². The minimum absolute atomic E-state index is 0.181. The summed E-state index contributed by atoms with van der Waals surface area (Å²) in [5, 5.41) is 5.96. The van der Waals surface area contributed by atoms with Gasteiger partial charge in [0.1, 0.15) is 11.4 Å². The number of rotatable bonds is 10. The lowest BCUT2D eigenvalue weighted by Gasteiger charge is -2.13. The van der Waals surface area contributed by atoms with Crippen molar-refractivity contribution in [2.24, 2.45) is 5.10 Å². The van der Waals surface area contributed by atoms with Gasteiger partial charge in [0.05, 0.1) is 35.5 Å². The zero-order valence-electron chi connectivity index (χ0n) is 23.9. The Morgan fingerprint density at radius 3 is 2.38 bits per heavy atom. The Morgan fingerprint density at radius 2 is 1.62 bits per heavy atom. The highest BCUT2D eigenvalue weighted by Gasteiger charge is 2.23. The molecular formula is C33H25BrCl3N3O5. The Kier molecular flexibility index (Phi) is 10.4. The third kappa shape index (κ3) is 7.28. The monoisotopic (exact) mass is 727 g/mol. The number of nitrogens with one attached hydrogen (secondary N) is 2. The highest BCUT2D eigenvalue weighted by molar-refractivity contribution is 9.10. The maximum atomic E-state index is 13.5. The van der Waals surface area contributed by atoms with Gasteiger partial charge in [-0.05, 0) is 68.4 Å². The first-order valence-electron chi connectivity index (χ1n) is 13.7. The molecule has 0 unspecified atom stereocenters. The molecular weight excluding hydrogens is 705 g/mol. The van der Waals surface area contributed by atoms with E-state index < -0.39 is 11.9 Å². The first-order chi connectivity index (χ1) is 21.7. The summed E-state index contributed by atoms with van der Waals surface area (Å²) in [4.78, 5) is 29.7. The number of H-pyrrole nitrogens is 1. The molecule has 0 saturated carbocycles. The van der Waals surface area contributed by atoms with Crippen LogP contribution < -0.4 is 19.6 Å². The summed E-state index contributed by atoms with van der Waals surface area (Å²) in [5.41, 5.74) is 5.06. The van der Waals surface area contributed by atoms with Crippen LogP contribution in [0, 0.1) is 0 Å². The van der Waals surface area contributed by atoms with Crippen LogP contribution in [-0.4, -0.2) is 36.3 Å². The number of esters is 1. The van der Waals surface area contributed by atoms with E-state index in [9.17, 15) is 9.59 Å². The summed E-state index contributed by atoms with van der Waals surface area (Å²) < 4.78 is 17.6. The Bertz CT molecular complexity index is 1940. The molecule has 1 amide bonds. The van der Waals surface area contributed by atoms with E-state index in [-0.39, 0.29) is 17.0 Å². The summed E-state index contributed by atoms with van der Waals surface area (Å²) >= 11 is 22.7. The predicted molar refractivity (Wildman–Crippen MR) is 182 cm³/mol. The molecule has 2 N–H and O–H groups in total. The van der Waals surface area contributed by atoms with Crippen molar-refractivity contribution < 1.29 is 23.8 Å². The number of carbonyl (C=O) groups is 2. The van der Waals surface area contributed by atoms with Crippen LogP contribution in [0.2, 0.25) is 15.1 Å². The molecule has 1 heterocycles. The maximum Gasteiger partial charge on any atom is 0.343 e. The van der Waals surface area contributed by atoms with Crippen molar-refractivity contribution in [3.63, 3.8) is 0 Å². The number of halogens is 4. The van der Waals surface area contributed by atoms with Gasteiger partial charge < -0.3 is 19.2 Å². The second kappa shape index (κ2) is 14.4. The van der Waals surface area contributed by atoms with Crippen molar-refractivity contribution in [3.8, 4) is 28.4 Å². The molecule has 230 valence electrons. The third-order valence-corrected chi connectivity index (χ3v) is 7.86. The van der Waals surface area contributed by atoms with E-state index in [1.807, 2.05) is 19.9 Å². The second-order valence-corrected chi connectivity index (χ2v) is 11.6. The van der Waals surface area contributed by atoms with E-state index in [0.29, 0.717) is 71.8 Å². The average Bonchev–Trinajstić information content (AvgIpc) is 3.39. The quantitative estimate of drug-likeness (QED) is 0.0646. The molecule has 0 aliphatic rings. The summed E-state index contributed by atoms with van der Waals surface area (Å²) in [6.45, 7) is 4.55. The van der Waals surface area contributed by atoms with Gasteiger partial charge in [0, 0.05) is 36.6 Å². The van der Waals surface area contributed by atoms with Crippen LogP contribution in [0.5, 0.6) is 17.2 Å². The second-order valence-electron chi connectivity index (χ2n) is 9.46. The minimum atomic E-state index is -0.613. The molecule has 4 aromatic carbocycles. The summed E-state index contributed by atoms with van der Waals surface area (Å²) in [7, 11) is 0. The van der Waals surface area contributed by atoms with Gasteiger partial charge in [-0.25, -0.2) is 10.2 Å². The molecule has 0 aliphatic carbocycles. The molecule has 0 atom stereocenters. The van der Waals surface area contributed by atoms with Gasteiger partial charge in [0.15, 0.2) is 11.5 Å².